The van der Waals surface area contributed by atoms with Gasteiger partial charge in [-0.3, -0.25) is 18.9 Å². The van der Waals surface area contributed by atoms with Gasteiger partial charge in [0.2, 0.25) is 0 Å². The largest absolute Gasteiger partial charge is 0.355 e. The number of carbonyl (C=O) groups excluding carboxylic acids is 1. The standard InChI is InChI=1S/C23H28N4O2S2/c1-5-8-27-22(29)18(31-23(27)30)11-17-20(25-12-14(2)10-15(3)13-25)24-19-16(4)7-6-9-26(19)21(17)28/h6-7,9,11,14-15H,5,8,10,12-13H2,1-4H3. The highest BCUT2D eigenvalue weighted by Crippen LogP contribution is 2.34. The molecule has 4 heterocycles. The van der Waals surface area contributed by atoms with Gasteiger partial charge in [-0.15, -0.1) is 0 Å². The molecule has 0 N–H and O–H groups in total. The molecule has 0 saturated carbocycles. The number of nitrogens with zero attached hydrogens (tertiary/aromatic N) is 4. The van der Waals surface area contributed by atoms with Crippen LogP contribution in [-0.4, -0.2) is 44.1 Å². The van der Waals surface area contributed by atoms with Crippen molar-refractivity contribution in [2.75, 3.05) is 24.5 Å². The van der Waals surface area contributed by atoms with Gasteiger partial charge < -0.3 is 4.90 Å². The molecular formula is C23H28N4O2S2. The first kappa shape index (κ1) is 22.0. The van der Waals surface area contributed by atoms with Crippen LogP contribution in [0.25, 0.3) is 11.7 Å². The summed E-state index contributed by atoms with van der Waals surface area (Å²) in [4.78, 5) is 35.8. The maximum absolute atomic E-state index is 13.6. The van der Waals surface area contributed by atoms with Gasteiger partial charge in [0.05, 0.1) is 10.5 Å². The highest BCUT2D eigenvalue weighted by Gasteiger charge is 2.33. The van der Waals surface area contributed by atoms with Crippen LogP contribution in [0.4, 0.5) is 5.82 Å². The zero-order valence-electron chi connectivity index (χ0n) is 18.4. The molecule has 2 aromatic heterocycles. The molecule has 2 atom stereocenters. The van der Waals surface area contributed by atoms with Crippen LogP contribution in [0.15, 0.2) is 28.0 Å². The monoisotopic (exact) mass is 456 g/mol. The number of thiocarbonyl (C=S) groups is 1. The lowest BCUT2D eigenvalue weighted by molar-refractivity contribution is -0.122. The van der Waals surface area contributed by atoms with Gasteiger partial charge in [-0.25, -0.2) is 4.98 Å². The van der Waals surface area contributed by atoms with E-state index in [0.717, 1.165) is 31.5 Å². The first-order chi connectivity index (χ1) is 14.8. The number of aryl methyl sites for hydroxylation is 1. The normalized spacial score (nSPS) is 23.4. The fraction of sp³-hybridized carbons (Fsp3) is 0.478. The van der Waals surface area contributed by atoms with Crippen LogP contribution in [0, 0.1) is 18.8 Å². The molecule has 0 spiro atoms. The molecule has 31 heavy (non-hydrogen) atoms. The molecule has 4 rings (SSSR count). The number of piperidine rings is 1. The Labute approximate surface area is 192 Å². The van der Waals surface area contributed by atoms with Crippen molar-refractivity contribution in [3.8, 4) is 0 Å². The van der Waals surface area contributed by atoms with E-state index in [2.05, 4.69) is 18.7 Å². The van der Waals surface area contributed by atoms with Crippen molar-refractivity contribution < 1.29 is 4.79 Å². The number of amides is 1. The summed E-state index contributed by atoms with van der Waals surface area (Å²) in [5, 5.41) is 0. The van der Waals surface area contributed by atoms with Gasteiger partial charge in [-0.1, -0.05) is 50.8 Å². The van der Waals surface area contributed by atoms with Crippen molar-refractivity contribution in [1.29, 1.82) is 0 Å². The fourth-order valence-electron chi connectivity index (χ4n) is 4.55. The zero-order chi connectivity index (χ0) is 22.3. The predicted octanol–water partition coefficient (Wildman–Crippen LogP) is 4.10. The third-order valence-electron chi connectivity index (χ3n) is 5.83. The van der Waals surface area contributed by atoms with E-state index < -0.39 is 0 Å². The van der Waals surface area contributed by atoms with E-state index in [1.54, 1.807) is 21.6 Å². The van der Waals surface area contributed by atoms with Crippen molar-refractivity contribution in [3.05, 3.63) is 44.7 Å². The summed E-state index contributed by atoms with van der Waals surface area (Å²) in [6.45, 7) is 10.7. The predicted molar refractivity (Wildman–Crippen MR) is 132 cm³/mol. The number of rotatable bonds is 4. The maximum atomic E-state index is 13.6. The number of anilines is 1. The molecular weight excluding hydrogens is 428 g/mol. The lowest BCUT2D eigenvalue weighted by Crippen LogP contribution is -2.40. The highest BCUT2D eigenvalue weighted by molar-refractivity contribution is 8.26. The Hall–Kier alpha value is -2.19. The molecule has 0 radical (unpaired) electrons. The SMILES string of the molecule is CCCN1C(=O)C(=Cc2c(N3CC(C)CC(C)C3)nc3c(C)cccn3c2=O)SC1=S. The van der Waals surface area contributed by atoms with E-state index in [9.17, 15) is 9.59 Å². The number of hydrogen-bond acceptors (Lipinski definition) is 6. The highest BCUT2D eigenvalue weighted by atomic mass is 32.2. The van der Waals surface area contributed by atoms with Crippen LogP contribution in [0.5, 0.6) is 0 Å². The molecule has 164 valence electrons. The van der Waals surface area contributed by atoms with E-state index in [-0.39, 0.29) is 11.5 Å². The summed E-state index contributed by atoms with van der Waals surface area (Å²) in [7, 11) is 0. The molecule has 0 bridgehead atoms. The Morgan fingerprint density at radius 1 is 1.26 bits per heavy atom. The summed E-state index contributed by atoms with van der Waals surface area (Å²) in [5.41, 5.74) is 1.90. The lowest BCUT2D eigenvalue weighted by Gasteiger charge is -2.36. The summed E-state index contributed by atoms with van der Waals surface area (Å²) < 4.78 is 2.12. The number of aromatic nitrogens is 2. The van der Waals surface area contributed by atoms with Crippen molar-refractivity contribution in [3.63, 3.8) is 0 Å². The average Bonchev–Trinajstić information content (AvgIpc) is 2.97. The molecule has 2 unspecified atom stereocenters. The van der Waals surface area contributed by atoms with Crippen molar-refractivity contribution in [1.82, 2.24) is 14.3 Å². The quantitative estimate of drug-likeness (QED) is 0.510. The lowest BCUT2D eigenvalue weighted by atomic mass is 9.91. The number of thioether (sulfide) groups is 1. The number of carbonyl (C=O) groups is 1. The van der Waals surface area contributed by atoms with Gasteiger partial charge in [0.15, 0.2) is 0 Å². The third kappa shape index (κ3) is 4.15. The van der Waals surface area contributed by atoms with E-state index in [4.69, 9.17) is 17.2 Å². The Morgan fingerprint density at radius 2 is 1.97 bits per heavy atom. The summed E-state index contributed by atoms with van der Waals surface area (Å²) in [6.07, 6.45) is 5.43. The van der Waals surface area contributed by atoms with Crippen molar-refractivity contribution in [2.24, 2.45) is 11.8 Å². The number of pyridine rings is 1. The van der Waals surface area contributed by atoms with Crippen LogP contribution in [-0.2, 0) is 4.79 Å². The van der Waals surface area contributed by atoms with Gasteiger partial charge in [0.25, 0.3) is 11.5 Å². The first-order valence-electron chi connectivity index (χ1n) is 10.8. The molecule has 2 aliphatic heterocycles. The van der Waals surface area contributed by atoms with E-state index in [1.165, 1.54) is 11.8 Å². The van der Waals surface area contributed by atoms with Gasteiger partial charge in [-0.2, -0.15) is 0 Å². The molecule has 2 aliphatic rings. The van der Waals surface area contributed by atoms with Crippen LogP contribution in [0.3, 0.4) is 0 Å². The van der Waals surface area contributed by atoms with Crippen LogP contribution >= 0.6 is 24.0 Å². The third-order valence-corrected chi connectivity index (χ3v) is 7.21. The second kappa shape index (κ2) is 8.74. The topological polar surface area (TPSA) is 57.9 Å². The van der Waals surface area contributed by atoms with Gasteiger partial charge >= 0.3 is 0 Å². The van der Waals surface area contributed by atoms with Gasteiger partial charge in [0, 0.05) is 25.8 Å². The number of hydrogen-bond donors (Lipinski definition) is 0. The Bertz CT molecular complexity index is 1130. The van der Waals surface area contributed by atoms with Crippen LogP contribution in [0.1, 0.15) is 44.7 Å². The molecule has 2 saturated heterocycles. The summed E-state index contributed by atoms with van der Waals surface area (Å²) in [6, 6.07) is 3.81. The molecule has 1 amide bonds. The second-order valence-electron chi connectivity index (χ2n) is 8.72. The summed E-state index contributed by atoms with van der Waals surface area (Å²) in [5.74, 6) is 1.56. The Balaban J connectivity index is 1.89. The van der Waals surface area contributed by atoms with Crippen molar-refractivity contribution >= 4 is 51.7 Å². The second-order valence-corrected chi connectivity index (χ2v) is 10.4. The molecule has 0 aromatic carbocycles. The molecule has 2 aromatic rings. The van der Waals surface area contributed by atoms with E-state index >= 15 is 0 Å². The Kier molecular flexibility index (Phi) is 6.21. The van der Waals surface area contributed by atoms with E-state index in [1.807, 2.05) is 26.0 Å². The number of fused-ring (bicyclic) bond motifs is 1. The van der Waals surface area contributed by atoms with Crippen LogP contribution < -0.4 is 10.5 Å². The summed E-state index contributed by atoms with van der Waals surface area (Å²) >= 11 is 6.67. The zero-order valence-corrected chi connectivity index (χ0v) is 20.1. The maximum Gasteiger partial charge on any atom is 0.267 e. The average molecular weight is 457 g/mol. The smallest absolute Gasteiger partial charge is 0.267 e. The fourth-order valence-corrected chi connectivity index (χ4v) is 5.84. The minimum absolute atomic E-state index is 0.128. The molecule has 8 heteroatoms. The molecule has 6 nitrogen and oxygen atoms in total. The van der Waals surface area contributed by atoms with E-state index in [0.29, 0.717) is 44.6 Å². The van der Waals surface area contributed by atoms with Crippen LogP contribution in [0.2, 0.25) is 0 Å². The molecule has 2 fully saturated rings. The first-order valence-corrected chi connectivity index (χ1v) is 12.0. The molecule has 0 aliphatic carbocycles. The minimum Gasteiger partial charge on any atom is -0.355 e. The van der Waals surface area contributed by atoms with Gasteiger partial charge in [0.1, 0.15) is 15.8 Å². The Morgan fingerprint density at radius 3 is 2.65 bits per heavy atom. The van der Waals surface area contributed by atoms with Crippen molar-refractivity contribution in [2.45, 2.75) is 40.5 Å². The minimum atomic E-state index is -0.157. The van der Waals surface area contributed by atoms with Gasteiger partial charge in [-0.05, 0) is 49.3 Å².